The number of fused-ring (bicyclic) bond motifs is 2. The van der Waals surface area contributed by atoms with Crippen molar-refractivity contribution in [3.8, 4) is 11.1 Å². The Kier molecular flexibility index (Phi) is 5.93. The Balaban J connectivity index is 1.26. The van der Waals surface area contributed by atoms with Crippen LogP contribution in [0, 0.1) is 0 Å². The zero-order chi connectivity index (χ0) is 27.3. The molecule has 39 heavy (non-hydrogen) atoms. The Morgan fingerprint density at radius 3 is 2.67 bits per heavy atom. The van der Waals surface area contributed by atoms with Gasteiger partial charge in [0.1, 0.15) is 24.6 Å². The Hall–Kier alpha value is -4.88. The second-order valence-corrected chi connectivity index (χ2v) is 9.59. The van der Waals surface area contributed by atoms with Gasteiger partial charge in [0.05, 0.1) is 24.5 Å². The van der Waals surface area contributed by atoms with Crippen molar-refractivity contribution < 1.29 is 18.8 Å². The fourth-order valence-corrected chi connectivity index (χ4v) is 5.32. The third kappa shape index (κ3) is 4.32. The Bertz CT molecular complexity index is 1680. The average Bonchev–Trinajstić information content (AvgIpc) is 3.69. The summed E-state index contributed by atoms with van der Waals surface area (Å²) in [5.41, 5.74) is 7.31. The summed E-state index contributed by atoms with van der Waals surface area (Å²) in [5, 5.41) is 15.0. The maximum absolute atomic E-state index is 14.5. The summed E-state index contributed by atoms with van der Waals surface area (Å²) in [6, 6.07) is 7.23. The van der Waals surface area contributed by atoms with Crippen molar-refractivity contribution in [3.63, 3.8) is 0 Å². The van der Waals surface area contributed by atoms with Crippen molar-refractivity contribution in [3.05, 3.63) is 58.8 Å². The van der Waals surface area contributed by atoms with Crippen LogP contribution in [0.5, 0.6) is 0 Å². The number of halogens is 1. The highest BCUT2D eigenvalue weighted by atomic mass is 19.1. The fourth-order valence-electron chi connectivity index (χ4n) is 5.32. The molecule has 1 aromatic carbocycles. The molecule has 2 aliphatic rings. The Morgan fingerprint density at radius 1 is 1.08 bits per heavy atom. The number of hydrogen-bond acceptors (Lipinski definition) is 7. The number of nitrogens with two attached hydrogens (primary N) is 1. The normalized spacial score (nSPS) is 18.4. The second-order valence-electron chi connectivity index (χ2n) is 9.59. The van der Waals surface area contributed by atoms with Crippen LogP contribution in [0.4, 0.5) is 10.2 Å². The minimum absolute atomic E-state index is 0.0197. The molecule has 3 amide bonds. The summed E-state index contributed by atoms with van der Waals surface area (Å²) >= 11 is 0. The van der Waals surface area contributed by atoms with Crippen LogP contribution in [0.1, 0.15) is 23.3 Å². The van der Waals surface area contributed by atoms with Crippen LogP contribution < -0.4 is 16.6 Å². The molecule has 2 unspecified atom stereocenters. The number of likely N-dealkylation sites (tertiary alicyclic amines) is 1. The summed E-state index contributed by atoms with van der Waals surface area (Å²) in [5.74, 6) is -1.57. The van der Waals surface area contributed by atoms with Crippen LogP contribution in [0.3, 0.4) is 0 Å². The standard InChI is InChI=1S/C25H24FN9O4/c26-16-9-19(25(39)30-20-10-21(36)35-7-1-6-34(20)35)32(12-16)22(37)13-33-18-3-2-14(15-4-5-28-29-11-15)8-17(18)23(31-33)24(27)38/h2-5,8,10-11,16,19H,1,6-7,9,12-13H2,(H2,27,38)(H,30,39). The number of nitrogens with zero attached hydrogens (tertiary/aromatic N) is 7. The minimum atomic E-state index is -1.39. The fraction of sp³-hybridized carbons (Fsp3) is 0.320. The Labute approximate surface area is 220 Å². The lowest BCUT2D eigenvalue weighted by atomic mass is 10.0. The van der Waals surface area contributed by atoms with Gasteiger partial charge in [-0.1, -0.05) is 6.07 Å². The molecule has 4 aromatic rings. The number of benzene rings is 1. The van der Waals surface area contributed by atoms with Gasteiger partial charge in [0, 0.05) is 36.5 Å². The third-order valence-corrected chi connectivity index (χ3v) is 7.13. The number of anilines is 1. The second kappa shape index (κ2) is 9.45. The van der Waals surface area contributed by atoms with E-state index >= 15 is 0 Å². The molecule has 13 nitrogen and oxygen atoms in total. The van der Waals surface area contributed by atoms with Crippen molar-refractivity contribution in [2.45, 2.75) is 44.7 Å². The van der Waals surface area contributed by atoms with Crippen LogP contribution in [0.2, 0.25) is 0 Å². The van der Waals surface area contributed by atoms with Crippen LogP contribution in [0.25, 0.3) is 22.0 Å². The molecule has 1 saturated heterocycles. The minimum Gasteiger partial charge on any atom is -0.364 e. The molecular formula is C25H24FN9O4. The van der Waals surface area contributed by atoms with Gasteiger partial charge in [0.25, 0.3) is 11.5 Å². The SMILES string of the molecule is NC(=O)c1nn(CC(=O)N2CC(F)CC2C(=O)Nc2cc(=O)n3n2CCC3)c2ccc(-c3ccnnc3)cc12. The molecule has 5 heterocycles. The molecule has 200 valence electrons. The van der Waals surface area contributed by atoms with Gasteiger partial charge in [-0.15, -0.1) is 0 Å². The van der Waals surface area contributed by atoms with Gasteiger partial charge in [-0.25, -0.2) is 9.07 Å². The van der Waals surface area contributed by atoms with Gasteiger partial charge in [-0.2, -0.15) is 15.3 Å². The van der Waals surface area contributed by atoms with Crippen LogP contribution in [0.15, 0.2) is 47.5 Å². The monoisotopic (exact) mass is 533 g/mol. The number of primary amides is 1. The van der Waals surface area contributed by atoms with E-state index in [4.69, 9.17) is 5.73 Å². The summed E-state index contributed by atoms with van der Waals surface area (Å²) in [6.07, 6.45) is 2.33. The molecule has 0 aliphatic carbocycles. The maximum atomic E-state index is 14.5. The van der Waals surface area contributed by atoms with E-state index in [0.29, 0.717) is 29.8 Å². The number of nitrogens with one attached hydrogen (secondary N) is 1. The zero-order valence-electron chi connectivity index (χ0n) is 20.7. The first-order chi connectivity index (χ1) is 18.8. The molecule has 0 radical (unpaired) electrons. The van der Waals surface area contributed by atoms with Gasteiger partial charge < -0.3 is 16.0 Å². The summed E-state index contributed by atoms with van der Waals surface area (Å²) in [7, 11) is 0. The highest BCUT2D eigenvalue weighted by Crippen LogP contribution is 2.27. The molecule has 0 spiro atoms. The smallest absolute Gasteiger partial charge is 0.269 e. The number of amides is 3. The molecule has 1 fully saturated rings. The number of carbonyl (C=O) groups is 3. The molecule has 3 N–H and O–H groups in total. The van der Waals surface area contributed by atoms with Crippen molar-refractivity contribution in [2.24, 2.45) is 5.73 Å². The largest absolute Gasteiger partial charge is 0.364 e. The first-order valence-corrected chi connectivity index (χ1v) is 12.4. The van der Waals surface area contributed by atoms with Gasteiger partial charge in [-0.05, 0) is 30.2 Å². The highest BCUT2D eigenvalue weighted by Gasteiger charge is 2.40. The van der Waals surface area contributed by atoms with Gasteiger partial charge in [0.15, 0.2) is 5.69 Å². The van der Waals surface area contributed by atoms with E-state index in [2.05, 4.69) is 20.6 Å². The lowest BCUT2D eigenvalue weighted by molar-refractivity contribution is -0.137. The van der Waals surface area contributed by atoms with Crippen molar-refractivity contribution in [1.82, 2.24) is 34.2 Å². The predicted octanol–water partition coefficient (Wildman–Crippen LogP) is 0.537. The van der Waals surface area contributed by atoms with Crippen LogP contribution >= 0.6 is 0 Å². The summed E-state index contributed by atoms with van der Waals surface area (Å²) in [6.45, 7) is 0.537. The molecule has 14 heteroatoms. The van der Waals surface area contributed by atoms with Crippen LogP contribution in [-0.4, -0.2) is 70.7 Å². The van der Waals surface area contributed by atoms with E-state index in [1.807, 2.05) is 0 Å². The van der Waals surface area contributed by atoms with E-state index in [1.165, 1.54) is 20.3 Å². The lowest BCUT2D eigenvalue weighted by Crippen LogP contribution is -2.44. The van der Waals surface area contributed by atoms with E-state index in [9.17, 15) is 23.6 Å². The van der Waals surface area contributed by atoms with E-state index in [1.54, 1.807) is 41.3 Å². The van der Waals surface area contributed by atoms with Crippen molar-refractivity contribution in [1.29, 1.82) is 0 Å². The molecular weight excluding hydrogens is 509 g/mol. The average molecular weight is 534 g/mol. The molecule has 6 rings (SSSR count). The quantitative estimate of drug-likeness (QED) is 0.365. The topological polar surface area (TPSA) is 163 Å². The number of alkyl halides is 1. The zero-order valence-corrected chi connectivity index (χ0v) is 20.7. The first-order valence-electron chi connectivity index (χ1n) is 12.4. The summed E-state index contributed by atoms with van der Waals surface area (Å²) in [4.78, 5) is 52.0. The third-order valence-electron chi connectivity index (χ3n) is 7.13. The predicted molar refractivity (Wildman–Crippen MR) is 136 cm³/mol. The van der Waals surface area contributed by atoms with E-state index < -0.39 is 29.9 Å². The maximum Gasteiger partial charge on any atom is 0.269 e. The number of carbonyl (C=O) groups excluding carboxylic acids is 3. The van der Waals surface area contributed by atoms with Gasteiger partial charge in [-0.3, -0.25) is 28.5 Å². The number of rotatable bonds is 6. The van der Waals surface area contributed by atoms with E-state index in [-0.39, 0.29) is 30.8 Å². The summed E-state index contributed by atoms with van der Waals surface area (Å²) < 4.78 is 19.0. The molecule has 0 saturated carbocycles. The number of aromatic nitrogens is 6. The molecule has 2 atom stereocenters. The molecule has 0 bridgehead atoms. The molecule has 3 aromatic heterocycles. The molecule has 2 aliphatic heterocycles. The van der Waals surface area contributed by atoms with E-state index in [0.717, 1.165) is 17.5 Å². The lowest BCUT2D eigenvalue weighted by Gasteiger charge is -2.23. The van der Waals surface area contributed by atoms with Crippen molar-refractivity contribution in [2.75, 3.05) is 11.9 Å². The highest BCUT2D eigenvalue weighted by molar-refractivity contribution is 6.05. The van der Waals surface area contributed by atoms with Gasteiger partial charge in [0.2, 0.25) is 11.8 Å². The van der Waals surface area contributed by atoms with Crippen LogP contribution in [-0.2, 0) is 29.2 Å². The Morgan fingerprint density at radius 2 is 1.90 bits per heavy atom. The first kappa shape index (κ1) is 24.5. The van der Waals surface area contributed by atoms with Crippen molar-refractivity contribution >= 4 is 34.4 Å². The number of hydrogen-bond donors (Lipinski definition) is 2. The van der Waals surface area contributed by atoms with Gasteiger partial charge >= 0.3 is 0 Å².